The molecule has 0 saturated heterocycles. The molecule has 100 valence electrons. The third-order valence-electron chi connectivity index (χ3n) is 3.09. The number of nitriles is 1. The summed E-state index contributed by atoms with van der Waals surface area (Å²) in [6.07, 6.45) is 0.378. The summed E-state index contributed by atoms with van der Waals surface area (Å²) in [6.45, 7) is 0. The van der Waals surface area contributed by atoms with Crippen molar-refractivity contribution in [1.29, 1.82) is 5.26 Å². The first kappa shape index (κ1) is 14.1. The molecule has 1 N–H and O–H groups in total. The summed E-state index contributed by atoms with van der Waals surface area (Å²) in [5.41, 5.74) is 2.16. The van der Waals surface area contributed by atoms with Gasteiger partial charge in [0, 0.05) is 5.02 Å². The van der Waals surface area contributed by atoms with Gasteiger partial charge in [-0.15, -0.1) is 0 Å². The molecule has 0 bridgehead atoms. The average molecular weight is 286 g/mol. The van der Waals surface area contributed by atoms with Gasteiger partial charge in [0.25, 0.3) is 0 Å². The number of aliphatic carboxylic acids is 1. The summed E-state index contributed by atoms with van der Waals surface area (Å²) < 4.78 is 0. The molecular formula is C16H12ClNO2. The molecule has 0 saturated carbocycles. The minimum absolute atomic E-state index is 0.378. The van der Waals surface area contributed by atoms with E-state index in [1.807, 2.05) is 6.07 Å². The van der Waals surface area contributed by atoms with Crippen LogP contribution in [0.25, 0.3) is 0 Å². The van der Waals surface area contributed by atoms with Gasteiger partial charge in [0.2, 0.25) is 0 Å². The van der Waals surface area contributed by atoms with Crippen LogP contribution in [0.4, 0.5) is 0 Å². The minimum Gasteiger partial charge on any atom is -0.481 e. The molecule has 0 spiro atoms. The zero-order valence-electron chi connectivity index (χ0n) is 10.6. The number of rotatable bonds is 4. The fourth-order valence-electron chi connectivity index (χ4n) is 1.99. The van der Waals surface area contributed by atoms with E-state index in [1.165, 1.54) is 0 Å². The Morgan fingerprint density at radius 3 is 2.25 bits per heavy atom. The van der Waals surface area contributed by atoms with E-state index in [-0.39, 0.29) is 0 Å². The van der Waals surface area contributed by atoms with Crippen molar-refractivity contribution in [2.24, 2.45) is 0 Å². The van der Waals surface area contributed by atoms with Crippen LogP contribution in [0.2, 0.25) is 5.02 Å². The smallest absolute Gasteiger partial charge is 0.311 e. The number of hydrogen-bond donors (Lipinski definition) is 1. The van der Waals surface area contributed by atoms with Crippen LogP contribution >= 0.6 is 11.6 Å². The molecule has 1 unspecified atom stereocenters. The predicted octanol–water partition coefficient (Wildman–Crippen LogP) is 3.62. The quantitative estimate of drug-likeness (QED) is 0.933. The molecule has 3 nitrogen and oxygen atoms in total. The maximum atomic E-state index is 11.4. The van der Waals surface area contributed by atoms with Gasteiger partial charge in [0.05, 0.1) is 17.6 Å². The van der Waals surface area contributed by atoms with Crippen molar-refractivity contribution in [3.05, 3.63) is 70.2 Å². The Morgan fingerprint density at radius 2 is 1.75 bits per heavy atom. The fourth-order valence-corrected chi connectivity index (χ4v) is 2.12. The van der Waals surface area contributed by atoms with Crippen molar-refractivity contribution >= 4 is 17.6 Å². The first-order valence-corrected chi connectivity index (χ1v) is 6.45. The van der Waals surface area contributed by atoms with Gasteiger partial charge in [-0.2, -0.15) is 5.26 Å². The molecule has 0 aliphatic rings. The van der Waals surface area contributed by atoms with E-state index in [0.29, 0.717) is 22.6 Å². The van der Waals surface area contributed by atoms with Crippen LogP contribution in [0, 0.1) is 11.3 Å². The summed E-state index contributed by atoms with van der Waals surface area (Å²) in [6, 6.07) is 15.8. The summed E-state index contributed by atoms with van der Waals surface area (Å²) in [5, 5.41) is 18.7. The molecule has 1 atom stereocenters. The second-order valence-electron chi connectivity index (χ2n) is 4.46. The highest BCUT2D eigenvalue weighted by Gasteiger charge is 2.20. The topological polar surface area (TPSA) is 61.1 Å². The SMILES string of the molecule is N#Cc1ccc(CC(C(=O)O)c2ccc(Cl)cc2)cc1. The van der Waals surface area contributed by atoms with Crippen LogP contribution in [0.5, 0.6) is 0 Å². The zero-order chi connectivity index (χ0) is 14.5. The van der Waals surface area contributed by atoms with Crippen molar-refractivity contribution in [1.82, 2.24) is 0 Å². The molecule has 2 aromatic rings. The number of nitrogens with zero attached hydrogens (tertiary/aromatic N) is 1. The van der Waals surface area contributed by atoms with Crippen LogP contribution in [0.3, 0.4) is 0 Å². The lowest BCUT2D eigenvalue weighted by Gasteiger charge is -2.13. The lowest BCUT2D eigenvalue weighted by atomic mass is 9.92. The highest BCUT2D eigenvalue weighted by molar-refractivity contribution is 6.30. The van der Waals surface area contributed by atoms with Gasteiger partial charge in [-0.05, 0) is 41.8 Å². The largest absolute Gasteiger partial charge is 0.481 e. The molecular weight excluding hydrogens is 274 g/mol. The summed E-state index contributed by atoms with van der Waals surface area (Å²) >= 11 is 5.81. The number of carbonyl (C=O) groups is 1. The van der Waals surface area contributed by atoms with E-state index in [4.69, 9.17) is 16.9 Å². The average Bonchev–Trinajstić information content (AvgIpc) is 2.46. The third kappa shape index (κ3) is 3.37. The van der Waals surface area contributed by atoms with Crippen molar-refractivity contribution in [3.8, 4) is 6.07 Å². The molecule has 0 aromatic heterocycles. The van der Waals surface area contributed by atoms with E-state index in [2.05, 4.69) is 0 Å². The molecule has 0 aliphatic heterocycles. The van der Waals surface area contributed by atoms with Crippen LogP contribution in [0.1, 0.15) is 22.6 Å². The Bertz CT molecular complexity index is 642. The van der Waals surface area contributed by atoms with Gasteiger partial charge < -0.3 is 5.11 Å². The fraction of sp³-hybridized carbons (Fsp3) is 0.125. The number of halogens is 1. The Kier molecular flexibility index (Phi) is 4.39. The minimum atomic E-state index is -0.878. The van der Waals surface area contributed by atoms with Gasteiger partial charge in [-0.25, -0.2) is 0 Å². The van der Waals surface area contributed by atoms with Gasteiger partial charge in [-0.3, -0.25) is 4.79 Å². The van der Waals surface area contributed by atoms with Crippen molar-refractivity contribution in [2.75, 3.05) is 0 Å². The predicted molar refractivity (Wildman–Crippen MR) is 76.7 cm³/mol. The number of carboxylic acid groups (broad SMARTS) is 1. The first-order chi connectivity index (χ1) is 9.60. The molecule has 0 aliphatic carbocycles. The van der Waals surface area contributed by atoms with Crippen molar-refractivity contribution < 1.29 is 9.90 Å². The zero-order valence-corrected chi connectivity index (χ0v) is 11.3. The van der Waals surface area contributed by atoms with E-state index in [0.717, 1.165) is 5.56 Å². The first-order valence-electron chi connectivity index (χ1n) is 6.07. The van der Waals surface area contributed by atoms with E-state index >= 15 is 0 Å². The number of hydrogen-bond acceptors (Lipinski definition) is 2. The van der Waals surface area contributed by atoms with Crippen molar-refractivity contribution in [2.45, 2.75) is 12.3 Å². The Labute approximate surface area is 122 Å². The molecule has 20 heavy (non-hydrogen) atoms. The summed E-state index contributed by atoms with van der Waals surface area (Å²) in [4.78, 5) is 11.4. The summed E-state index contributed by atoms with van der Waals surface area (Å²) in [5.74, 6) is -1.50. The van der Waals surface area contributed by atoms with Crippen LogP contribution in [-0.2, 0) is 11.2 Å². The molecule has 0 radical (unpaired) electrons. The summed E-state index contributed by atoms with van der Waals surface area (Å²) in [7, 11) is 0. The number of carboxylic acids is 1. The van der Waals surface area contributed by atoms with Gasteiger partial charge in [0.1, 0.15) is 0 Å². The van der Waals surface area contributed by atoms with Crippen LogP contribution in [0.15, 0.2) is 48.5 Å². The van der Waals surface area contributed by atoms with Gasteiger partial charge in [0.15, 0.2) is 0 Å². The van der Waals surface area contributed by atoms with E-state index < -0.39 is 11.9 Å². The standard InChI is InChI=1S/C16H12ClNO2/c17-14-7-5-13(6-8-14)15(16(19)20)9-11-1-3-12(10-18)4-2-11/h1-8,15H,9H2,(H,19,20). The maximum Gasteiger partial charge on any atom is 0.311 e. The van der Waals surface area contributed by atoms with Gasteiger partial charge >= 0.3 is 5.97 Å². The van der Waals surface area contributed by atoms with Crippen LogP contribution < -0.4 is 0 Å². The lowest BCUT2D eigenvalue weighted by molar-refractivity contribution is -0.138. The second-order valence-corrected chi connectivity index (χ2v) is 4.89. The Hall–Kier alpha value is -2.31. The molecule has 0 fully saturated rings. The highest BCUT2D eigenvalue weighted by atomic mass is 35.5. The van der Waals surface area contributed by atoms with Gasteiger partial charge in [-0.1, -0.05) is 35.9 Å². The molecule has 0 amide bonds. The monoisotopic (exact) mass is 285 g/mol. The third-order valence-corrected chi connectivity index (χ3v) is 3.35. The number of benzene rings is 2. The Balaban J connectivity index is 2.23. The highest BCUT2D eigenvalue weighted by Crippen LogP contribution is 2.23. The molecule has 2 aromatic carbocycles. The van der Waals surface area contributed by atoms with E-state index in [1.54, 1.807) is 48.5 Å². The normalized spacial score (nSPS) is 11.6. The van der Waals surface area contributed by atoms with Crippen LogP contribution in [-0.4, -0.2) is 11.1 Å². The lowest BCUT2D eigenvalue weighted by Crippen LogP contribution is -2.14. The second kappa shape index (κ2) is 6.23. The van der Waals surface area contributed by atoms with Crippen molar-refractivity contribution in [3.63, 3.8) is 0 Å². The molecule has 2 rings (SSSR count). The maximum absolute atomic E-state index is 11.4. The molecule has 0 heterocycles. The Morgan fingerprint density at radius 1 is 1.15 bits per heavy atom. The molecule has 4 heteroatoms. The van der Waals surface area contributed by atoms with E-state index in [9.17, 15) is 9.90 Å².